The van der Waals surface area contributed by atoms with Crippen molar-refractivity contribution in [2.75, 3.05) is 16.8 Å². The molecular formula is C13H11N3S2. The van der Waals surface area contributed by atoms with Gasteiger partial charge in [-0.1, -0.05) is 12.1 Å². The third-order valence-corrected chi connectivity index (χ3v) is 5.51. The molecule has 0 spiro atoms. The second-order valence-electron chi connectivity index (χ2n) is 3.62. The molecule has 1 aliphatic rings. The number of nitrogens with zero attached hydrogens (tertiary/aromatic N) is 2. The van der Waals surface area contributed by atoms with Crippen molar-refractivity contribution < 1.29 is 0 Å². The molecule has 0 atom stereocenters. The van der Waals surface area contributed by atoms with Gasteiger partial charge in [-0.3, -0.25) is 0 Å². The van der Waals surface area contributed by atoms with Crippen molar-refractivity contribution in [2.24, 2.45) is 0 Å². The van der Waals surface area contributed by atoms with E-state index in [2.05, 4.69) is 17.4 Å². The molecule has 0 amide bonds. The van der Waals surface area contributed by atoms with E-state index in [1.165, 1.54) is 23.3 Å². The van der Waals surface area contributed by atoms with Crippen LogP contribution in [0.4, 0.5) is 5.69 Å². The number of nitriles is 2. The normalized spacial score (nSPS) is 14.6. The van der Waals surface area contributed by atoms with Crippen molar-refractivity contribution >= 4 is 29.2 Å². The van der Waals surface area contributed by atoms with E-state index in [4.69, 9.17) is 10.5 Å². The zero-order valence-electron chi connectivity index (χ0n) is 9.59. The van der Waals surface area contributed by atoms with Crippen LogP contribution in [-0.2, 0) is 0 Å². The predicted octanol–water partition coefficient (Wildman–Crippen LogP) is 3.51. The maximum Gasteiger partial charge on any atom is 0.145 e. The summed E-state index contributed by atoms with van der Waals surface area (Å²) in [6.45, 7) is 0. The van der Waals surface area contributed by atoms with Crippen molar-refractivity contribution in [1.82, 2.24) is 0 Å². The van der Waals surface area contributed by atoms with E-state index in [0.29, 0.717) is 4.58 Å². The number of allylic oxidation sites excluding steroid dienone is 1. The molecule has 0 radical (unpaired) electrons. The van der Waals surface area contributed by atoms with Crippen LogP contribution < -0.4 is 5.32 Å². The molecule has 1 aromatic carbocycles. The molecule has 18 heavy (non-hydrogen) atoms. The third-order valence-electron chi connectivity index (χ3n) is 2.40. The summed E-state index contributed by atoms with van der Waals surface area (Å²) in [5.41, 5.74) is 2.25. The number of hydrogen-bond donors (Lipinski definition) is 1. The summed E-state index contributed by atoms with van der Waals surface area (Å²) < 4.78 is 0.502. The van der Waals surface area contributed by atoms with E-state index in [1.54, 1.807) is 0 Å². The summed E-state index contributed by atoms with van der Waals surface area (Å²) >= 11 is 3.91. The summed E-state index contributed by atoms with van der Waals surface area (Å²) in [4.78, 5) is 0. The molecular weight excluding hydrogens is 262 g/mol. The van der Waals surface area contributed by atoms with Gasteiger partial charge in [-0.25, -0.2) is 0 Å². The quantitative estimate of drug-likeness (QED) is 0.854. The standard InChI is InChI=1S/C13H11N3S2/c14-7-10(8-15)9-16-12-3-1-2-11(6-12)13-17-4-5-18-13/h1-3,6,9,13,16H,4-5H2. The van der Waals surface area contributed by atoms with Gasteiger partial charge < -0.3 is 5.32 Å². The molecule has 0 bridgehead atoms. The maximum atomic E-state index is 8.64. The van der Waals surface area contributed by atoms with E-state index < -0.39 is 0 Å². The molecule has 90 valence electrons. The number of rotatable bonds is 3. The lowest BCUT2D eigenvalue weighted by Gasteiger charge is -2.10. The Hall–Kier alpha value is -1.56. The Kier molecular flexibility index (Phi) is 4.58. The monoisotopic (exact) mass is 273 g/mol. The van der Waals surface area contributed by atoms with E-state index in [1.807, 2.05) is 47.8 Å². The van der Waals surface area contributed by atoms with E-state index in [0.717, 1.165) is 5.69 Å². The smallest absolute Gasteiger partial charge is 0.145 e. The molecule has 1 heterocycles. The van der Waals surface area contributed by atoms with Crippen molar-refractivity contribution in [1.29, 1.82) is 10.5 Å². The number of benzene rings is 1. The van der Waals surface area contributed by atoms with Gasteiger partial charge >= 0.3 is 0 Å². The summed E-state index contributed by atoms with van der Waals surface area (Å²) in [6, 6.07) is 11.7. The molecule has 1 saturated heterocycles. The fraction of sp³-hybridized carbons (Fsp3) is 0.231. The van der Waals surface area contributed by atoms with Crippen molar-refractivity contribution in [2.45, 2.75) is 4.58 Å². The zero-order chi connectivity index (χ0) is 12.8. The Bertz CT molecular complexity index is 518. The number of anilines is 1. The first kappa shape index (κ1) is 12.9. The van der Waals surface area contributed by atoms with Crippen LogP contribution in [-0.4, -0.2) is 11.5 Å². The zero-order valence-corrected chi connectivity index (χ0v) is 11.2. The summed E-state index contributed by atoms with van der Waals surface area (Å²) in [6.07, 6.45) is 1.44. The molecule has 1 N–H and O–H groups in total. The second-order valence-corrected chi connectivity index (χ2v) is 6.35. The van der Waals surface area contributed by atoms with Crippen molar-refractivity contribution in [3.8, 4) is 12.1 Å². The Morgan fingerprint density at radius 1 is 1.28 bits per heavy atom. The molecule has 0 unspecified atom stereocenters. The van der Waals surface area contributed by atoms with Crippen LogP contribution in [0.25, 0.3) is 0 Å². The van der Waals surface area contributed by atoms with Crippen molar-refractivity contribution in [3.05, 3.63) is 41.6 Å². The molecule has 3 nitrogen and oxygen atoms in total. The van der Waals surface area contributed by atoms with E-state index in [9.17, 15) is 0 Å². The SMILES string of the molecule is N#CC(C#N)=CNc1cccc(C2SCCS2)c1. The fourth-order valence-electron chi connectivity index (χ4n) is 1.57. The van der Waals surface area contributed by atoms with Crippen molar-refractivity contribution in [3.63, 3.8) is 0 Å². The van der Waals surface area contributed by atoms with Gasteiger partial charge in [0.05, 0.1) is 4.58 Å². The van der Waals surface area contributed by atoms with Crippen LogP contribution in [0.1, 0.15) is 10.1 Å². The molecule has 0 saturated carbocycles. The number of thioether (sulfide) groups is 2. The summed E-state index contributed by atoms with van der Waals surface area (Å²) in [5, 5.41) is 20.3. The highest BCUT2D eigenvalue weighted by Crippen LogP contribution is 2.45. The molecule has 1 aromatic rings. The fourth-order valence-corrected chi connectivity index (χ4v) is 4.41. The van der Waals surface area contributed by atoms with E-state index >= 15 is 0 Å². The first-order valence-corrected chi connectivity index (χ1v) is 7.53. The average molecular weight is 273 g/mol. The Morgan fingerprint density at radius 2 is 2.00 bits per heavy atom. The van der Waals surface area contributed by atoms with Gasteiger partial charge in [-0.15, -0.1) is 23.5 Å². The minimum absolute atomic E-state index is 0.0741. The number of hydrogen-bond acceptors (Lipinski definition) is 5. The third kappa shape index (κ3) is 3.22. The maximum absolute atomic E-state index is 8.64. The van der Waals surface area contributed by atoms with Gasteiger partial charge in [0, 0.05) is 23.4 Å². The Balaban J connectivity index is 2.11. The van der Waals surface area contributed by atoms with Crippen LogP contribution >= 0.6 is 23.5 Å². The summed E-state index contributed by atoms with van der Waals surface area (Å²) in [7, 11) is 0. The molecule has 2 rings (SSSR count). The lowest BCUT2D eigenvalue weighted by Crippen LogP contribution is -1.92. The molecule has 1 fully saturated rings. The Morgan fingerprint density at radius 3 is 2.67 bits per heavy atom. The first-order valence-electron chi connectivity index (χ1n) is 5.43. The predicted molar refractivity (Wildman–Crippen MR) is 77.0 cm³/mol. The molecule has 0 aromatic heterocycles. The van der Waals surface area contributed by atoms with Crippen LogP contribution in [0, 0.1) is 22.7 Å². The largest absolute Gasteiger partial charge is 0.360 e. The van der Waals surface area contributed by atoms with Gasteiger partial charge in [-0.2, -0.15) is 10.5 Å². The average Bonchev–Trinajstić information content (AvgIpc) is 2.94. The van der Waals surface area contributed by atoms with Gasteiger partial charge in [0.15, 0.2) is 0 Å². The minimum Gasteiger partial charge on any atom is -0.360 e. The second kappa shape index (κ2) is 6.39. The highest BCUT2D eigenvalue weighted by molar-refractivity contribution is 8.19. The van der Waals surface area contributed by atoms with Gasteiger partial charge in [0.1, 0.15) is 17.7 Å². The molecule has 5 heteroatoms. The Labute approximate surface area is 115 Å². The van der Waals surface area contributed by atoms with Gasteiger partial charge in [0.25, 0.3) is 0 Å². The van der Waals surface area contributed by atoms with Crippen LogP contribution in [0.5, 0.6) is 0 Å². The topological polar surface area (TPSA) is 59.6 Å². The molecule has 1 aliphatic heterocycles. The van der Waals surface area contributed by atoms with E-state index in [-0.39, 0.29) is 5.57 Å². The highest BCUT2D eigenvalue weighted by atomic mass is 32.2. The van der Waals surface area contributed by atoms with Crippen LogP contribution in [0.2, 0.25) is 0 Å². The number of nitrogens with one attached hydrogen (secondary N) is 1. The van der Waals surface area contributed by atoms with Gasteiger partial charge in [0.2, 0.25) is 0 Å². The van der Waals surface area contributed by atoms with Crippen LogP contribution in [0.3, 0.4) is 0 Å². The van der Waals surface area contributed by atoms with Crippen LogP contribution in [0.15, 0.2) is 36.0 Å². The lowest BCUT2D eigenvalue weighted by atomic mass is 10.2. The van der Waals surface area contributed by atoms with Gasteiger partial charge in [-0.05, 0) is 17.7 Å². The minimum atomic E-state index is 0.0741. The summed E-state index contributed by atoms with van der Waals surface area (Å²) in [5.74, 6) is 2.39. The molecule has 0 aliphatic carbocycles. The highest BCUT2D eigenvalue weighted by Gasteiger charge is 2.18. The first-order chi connectivity index (χ1) is 8.83. The lowest BCUT2D eigenvalue weighted by molar-refractivity contribution is 1.38.